The summed E-state index contributed by atoms with van der Waals surface area (Å²) in [6.07, 6.45) is 3.05. The van der Waals surface area contributed by atoms with Crippen molar-refractivity contribution in [2.45, 2.75) is 37.8 Å². The summed E-state index contributed by atoms with van der Waals surface area (Å²) in [5, 5.41) is 23.3. The number of hydrogen-bond donors (Lipinski definition) is 2. The van der Waals surface area contributed by atoms with Crippen molar-refractivity contribution in [3.05, 3.63) is 28.3 Å². The van der Waals surface area contributed by atoms with E-state index in [9.17, 15) is 15.2 Å². The zero-order chi connectivity index (χ0) is 14.1. The molecule has 2 aromatic rings. The molecule has 0 saturated heterocycles. The molecule has 0 atom stereocenters. The second kappa shape index (κ2) is 5.09. The van der Waals surface area contributed by atoms with Crippen LogP contribution < -0.4 is 5.32 Å². The molecule has 1 aliphatic rings. The van der Waals surface area contributed by atoms with Crippen molar-refractivity contribution in [2.24, 2.45) is 0 Å². The van der Waals surface area contributed by atoms with E-state index >= 15 is 0 Å². The molecular weight excluding hydrogens is 262 g/mol. The Morgan fingerprint density at radius 1 is 1.35 bits per heavy atom. The summed E-state index contributed by atoms with van der Waals surface area (Å²) in [6, 6.07) is 4.95. The maximum absolute atomic E-state index is 10.7. The van der Waals surface area contributed by atoms with Gasteiger partial charge in [0, 0.05) is 18.2 Å². The van der Waals surface area contributed by atoms with Gasteiger partial charge in [-0.25, -0.2) is 0 Å². The lowest BCUT2D eigenvalue weighted by Crippen LogP contribution is -2.28. The number of nitro groups is 1. The highest BCUT2D eigenvalue weighted by atomic mass is 16.6. The van der Waals surface area contributed by atoms with Gasteiger partial charge in [0.25, 0.3) is 11.7 Å². The molecule has 20 heavy (non-hydrogen) atoms. The topological polar surface area (TPSA) is 101 Å². The zero-order valence-corrected chi connectivity index (χ0v) is 10.8. The maximum Gasteiger partial charge on any atom is 0.295 e. The normalized spacial score (nSPS) is 22.9. The van der Waals surface area contributed by atoms with Crippen molar-refractivity contribution in [2.75, 3.05) is 5.32 Å². The Morgan fingerprint density at radius 2 is 2.10 bits per heavy atom. The number of benzene rings is 1. The molecule has 0 aliphatic heterocycles. The lowest BCUT2D eigenvalue weighted by molar-refractivity contribution is -0.384. The molecule has 1 aliphatic carbocycles. The van der Waals surface area contributed by atoms with Gasteiger partial charge >= 0.3 is 0 Å². The number of nitrogens with zero attached hydrogens (tertiary/aromatic N) is 2. The summed E-state index contributed by atoms with van der Waals surface area (Å²) in [6.45, 7) is 0. The average Bonchev–Trinajstić information content (AvgIpc) is 2.82. The van der Waals surface area contributed by atoms with Crippen LogP contribution in [0.1, 0.15) is 25.7 Å². The number of aliphatic hydroxyl groups excluding tert-OH is 1. The van der Waals surface area contributed by atoms with Crippen molar-refractivity contribution in [1.82, 2.24) is 4.98 Å². The standard InChI is InChI=1S/C13H15N3O4/c17-10-4-1-8(2-5-10)14-13-15-11-7-9(16(18)19)3-6-12(11)20-13/h3,6-8,10,17H,1-2,4-5H2,(H,14,15). The van der Waals surface area contributed by atoms with Gasteiger partial charge in [-0.05, 0) is 31.7 Å². The zero-order valence-electron chi connectivity index (χ0n) is 10.8. The minimum atomic E-state index is -0.455. The molecule has 0 radical (unpaired) electrons. The van der Waals surface area contributed by atoms with Gasteiger partial charge in [-0.3, -0.25) is 10.1 Å². The van der Waals surface area contributed by atoms with E-state index in [2.05, 4.69) is 10.3 Å². The predicted octanol–water partition coefficient (Wildman–Crippen LogP) is 2.45. The van der Waals surface area contributed by atoms with Gasteiger partial charge in [0.05, 0.1) is 11.0 Å². The van der Waals surface area contributed by atoms with Crippen LogP contribution in [0, 0.1) is 10.1 Å². The van der Waals surface area contributed by atoms with Crippen LogP contribution in [-0.2, 0) is 0 Å². The van der Waals surface area contributed by atoms with Crippen LogP contribution >= 0.6 is 0 Å². The molecule has 1 saturated carbocycles. The van der Waals surface area contributed by atoms with Crippen molar-refractivity contribution in [1.29, 1.82) is 0 Å². The third kappa shape index (κ3) is 2.57. The molecule has 106 valence electrons. The van der Waals surface area contributed by atoms with Crippen molar-refractivity contribution < 1.29 is 14.4 Å². The Morgan fingerprint density at radius 3 is 2.80 bits per heavy atom. The summed E-state index contributed by atoms with van der Waals surface area (Å²) < 4.78 is 5.53. The van der Waals surface area contributed by atoms with Crippen LogP contribution in [0.4, 0.5) is 11.7 Å². The van der Waals surface area contributed by atoms with Gasteiger partial charge in [-0.2, -0.15) is 4.98 Å². The third-order valence-corrected chi connectivity index (χ3v) is 3.61. The highest BCUT2D eigenvalue weighted by molar-refractivity contribution is 5.77. The fourth-order valence-corrected chi connectivity index (χ4v) is 2.49. The lowest BCUT2D eigenvalue weighted by Gasteiger charge is -2.25. The van der Waals surface area contributed by atoms with Crippen LogP contribution in [0.25, 0.3) is 11.1 Å². The molecule has 0 unspecified atom stereocenters. The highest BCUT2D eigenvalue weighted by Gasteiger charge is 2.21. The van der Waals surface area contributed by atoms with E-state index in [1.54, 1.807) is 6.07 Å². The van der Waals surface area contributed by atoms with Gasteiger partial charge < -0.3 is 14.8 Å². The van der Waals surface area contributed by atoms with Crippen LogP contribution in [0.2, 0.25) is 0 Å². The summed E-state index contributed by atoms with van der Waals surface area (Å²) >= 11 is 0. The molecule has 0 amide bonds. The van der Waals surface area contributed by atoms with E-state index in [1.165, 1.54) is 12.1 Å². The van der Waals surface area contributed by atoms with Gasteiger partial charge in [0.1, 0.15) is 5.52 Å². The smallest absolute Gasteiger partial charge is 0.295 e. The first-order chi connectivity index (χ1) is 9.61. The van der Waals surface area contributed by atoms with Crippen LogP contribution in [0.15, 0.2) is 22.6 Å². The number of anilines is 1. The number of non-ortho nitro benzene ring substituents is 1. The number of nitrogens with one attached hydrogen (secondary N) is 1. The lowest BCUT2D eigenvalue weighted by atomic mass is 9.93. The largest absolute Gasteiger partial charge is 0.424 e. The molecular formula is C13H15N3O4. The first-order valence-corrected chi connectivity index (χ1v) is 6.61. The quantitative estimate of drug-likeness (QED) is 0.660. The molecule has 0 bridgehead atoms. The Labute approximate surface area is 114 Å². The third-order valence-electron chi connectivity index (χ3n) is 3.61. The van der Waals surface area contributed by atoms with Crippen molar-refractivity contribution in [3.63, 3.8) is 0 Å². The van der Waals surface area contributed by atoms with Crippen LogP contribution in [0.5, 0.6) is 0 Å². The highest BCUT2D eigenvalue weighted by Crippen LogP contribution is 2.26. The van der Waals surface area contributed by atoms with Gasteiger partial charge in [-0.1, -0.05) is 0 Å². The number of hydrogen-bond acceptors (Lipinski definition) is 6. The molecule has 1 aromatic carbocycles. The number of aromatic nitrogens is 1. The van der Waals surface area contributed by atoms with Crippen LogP contribution in [0.3, 0.4) is 0 Å². The minimum Gasteiger partial charge on any atom is -0.424 e. The van der Waals surface area contributed by atoms with Gasteiger partial charge in [0.15, 0.2) is 5.58 Å². The number of aliphatic hydroxyl groups is 1. The molecule has 3 rings (SSSR count). The second-order valence-corrected chi connectivity index (χ2v) is 5.08. The fraction of sp³-hybridized carbons (Fsp3) is 0.462. The van der Waals surface area contributed by atoms with E-state index in [1.807, 2.05) is 0 Å². The summed E-state index contributed by atoms with van der Waals surface area (Å²) in [7, 11) is 0. The summed E-state index contributed by atoms with van der Waals surface area (Å²) in [5.41, 5.74) is 0.990. The van der Waals surface area contributed by atoms with E-state index in [-0.39, 0.29) is 17.8 Å². The SMILES string of the molecule is O=[N+]([O-])c1ccc2oc(NC3CCC(O)CC3)nc2c1. The Balaban J connectivity index is 1.77. The minimum absolute atomic E-state index is 0.00172. The molecule has 1 fully saturated rings. The average molecular weight is 277 g/mol. The first-order valence-electron chi connectivity index (χ1n) is 6.61. The Kier molecular flexibility index (Phi) is 3.27. The number of rotatable bonds is 3. The fourth-order valence-electron chi connectivity index (χ4n) is 2.49. The van der Waals surface area contributed by atoms with Crippen LogP contribution in [-0.4, -0.2) is 27.2 Å². The molecule has 0 spiro atoms. The molecule has 1 heterocycles. The first kappa shape index (κ1) is 12.9. The van der Waals surface area contributed by atoms with Crippen molar-refractivity contribution >= 4 is 22.8 Å². The molecule has 7 nitrogen and oxygen atoms in total. The maximum atomic E-state index is 10.7. The number of fused-ring (bicyclic) bond motifs is 1. The Hall–Kier alpha value is -2.15. The number of nitro benzene ring substituents is 1. The monoisotopic (exact) mass is 277 g/mol. The summed E-state index contributed by atoms with van der Waals surface area (Å²) in [5.74, 6) is 0. The number of oxazole rings is 1. The van der Waals surface area contributed by atoms with E-state index in [0.29, 0.717) is 17.1 Å². The van der Waals surface area contributed by atoms with Gasteiger partial charge in [-0.15, -0.1) is 0 Å². The van der Waals surface area contributed by atoms with E-state index in [4.69, 9.17) is 4.42 Å². The predicted molar refractivity (Wildman–Crippen MR) is 72.5 cm³/mol. The van der Waals surface area contributed by atoms with Crippen molar-refractivity contribution in [3.8, 4) is 0 Å². The Bertz CT molecular complexity index is 632. The second-order valence-electron chi connectivity index (χ2n) is 5.08. The molecule has 2 N–H and O–H groups in total. The van der Waals surface area contributed by atoms with Gasteiger partial charge in [0.2, 0.25) is 0 Å². The van der Waals surface area contributed by atoms with E-state index < -0.39 is 4.92 Å². The molecule has 1 aromatic heterocycles. The van der Waals surface area contributed by atoms with E-state index in [0.717, 1.165) is 25.7 Å². The summed E-state index contributed by atoms with van der Waals surface area (Å²) in [4.78, 5) is 14.5. The molecule has 7 heteroatoms.